The number of hydrogen-bond acceptors (Lipinski definition) is 3. The van der Waals surface area contributed by atoms with Gasteiger partial charge in [-0.15, -0.1) is 11.3 Å². The lowest BCUT2D eigenvalue weighted by Gasteiger charge is -2.06. The number of para-hydroxylation sites is 1. The maximum Gasteiger partial charge on any atom is 0.238 e. The Labute approximate surface area is 121 Å². The molecule has 106 valence electrons. The van der Waals surface area contributed by atoms with E-state index >= 15 is 0 Å². The van der Waals surface area contributed by atoms with Gasteiger partial charge in [0.2, 0.25) is 5.91 Å². The Hall–Kier alpha value is -1.72. The van der Waals surface area contributed by atoms with Crippen molar-refractivity contribution < 1.29 is 9.18 Å². The molecule has 1 aromatic carbocycles. The maximum atomic E-state index is 13.4. The minimum absolute atomic E-state index is 0.157. The molecule has 3 nitrogen and oxygen atoms in total. The van der Waals surface area contributed by atoms with E-state index in [-0.39, 0.29) is 18.1 Å². The number of halogens is 1. The van der Waals surface area contributed by atoms with Crippen molar-refractivity contribution in [2.24, 2.45) is 0 Å². The summed E-state index contributed by atoms with van der Waals surface area (Å²) >= 11 is 1.72. The van der Waals surface area contributed by atoms with Crippen molar-refractivity contribution in [2.45, 2.75) is 20.4 Å². The molecule has 0 saturated heterocycles. The highest BCUT2D eigenvalue weighted by atomic mass is 32.1. The second-order valence-electron chi connectivity index (χ2n) is 4.58. The van der Waals surface area contributed by atoms with Crippen LogP contribution in [0.2, 0.25) is 0 Å². The highest BCUT2D eigenvalue weighted by molar-refractivity contribution is 7.12. The number of carbonyl (C=O) groups is 1. The molecule has 20 heavy (non-hydrogen) atoms. The molecule has 0 spiro atoms. The Kier molecular flexibility index (Phi) is 4.87. The lowest BCUT2D eigenvalue weighted by atomic mass is 10.3. The van der Waals surface area contributed by atoms with E-state index in [1.165, 1.54) is 21.4 Å². The minimum Gasteiger partial charge on any atom is -0.322 e. The van der Waals surface area contributed by atoms with E-state index in [2.05, 4.69) is 30.5 Å². The van der Waals surface area contributed by atoms with Gasteiger partial charge in [-0.25, -0.2) is 4.39 Å². The van der Waals surface area contributed by atoms with E-state index in [0.29, 0.717) is 6.54 Å². The smallest absolute Gasteiger partial charge is 0.238 e. The van der Waals surface area contributed by atoms with Crippen LogP contribution in [0.1, 0.15) is 15.3 Å². The number of thiophene rings is 1. The first-order chi connectivity index (χ1) is 9.56. The first-order valence-corrected chi connectivity index (χ1v) is 7.19. The molecule has 2 aromatic rings. The van der Waals surface area contributed by atoms with Gasteiger partial charge in [-0.3, -0.25) is 4.79 Å². The third-order valence-corrected chi connectivity index (χ3v) is 4.10. The quantitative estimate of drug-likeness (QED) is 0.888. The molecule has 2 N–H and O–H groups in total. The SMILES string of the molecule is Cc1cc(CNCC(=O)Nc2ccccc2F)sc1C. The fraction of sp³-hybridized carbons (Fsp3) is 0.267. The second kappa shape index (κ2) is 6.63. The molecule has 1 aromatic heterocycles. The normalized spacial score (nSPS) is 10.6. The number of amides is 1. The first-order valence-electron chi connectivity index (χ1n) is 6.37. The van der Waals surface area contributed by atoms with Crippen molar-refractivity contribution in [3.05, 3.63) is 51.5 Å². The van der Waals surface area contributed by atoms with Gasteiger partial charge < -0.3 is 10.6 Å². The summed E-state index contributed by atoms with van der Waals surface area (Å²) < 4.78 is 13.4. The molecule has 0 aliphatic carbocycles. The Morgan fingerprint density at radius 1 is 1.30 bits per heavy atom. The van der Waals surface area contributed by atoms with Crippen LogP contribution in [0.5, 0.6) is 0 Å². The van der Waals surface area contributed by atoms with E-state index in [0.717, 1.165) is 0 Å². The van der Waals surface area contributed by atoms with E-state index in [9.17, 15) is 9.18 Å². The molecular weight excluding hydrogens is 275 g/mol. The summed E-state index contributed by atoms with van der Waals surface area (Å²) in [7, 11) is 0. The van der Waals surface area contributed by atoms with Gasteiger partial charge in [0.05, 0.1) is 12.2 Å². The average molecular weight is 292 g/mol. The van der Waals surface area contributed by atoms with Crippen molar-refractivity contribution in [3.63, 3.8) is 0 Å². The predicted molar refractivity (Wildman–Crippen MR) is 80.5 cm³/mol. The lowest BCUT2D eigenvalue weighted by Crippen LogP contribution is -2.27. The van der Waals surface area contributed by atoms with Crippen LogP contribution >= 0.6 is 11.3 Å². The Morgan fingerprint density at radius 3 is 2.70 bits per heavy atom. The maximum absolute atomic E-state index is 13.4. The Morgan fingerprint density at radius 2 is 2.05 bits per heavy atom. The first kappa shape index (κ1) is 14.7. The van der Waals surface area contributed by atoms with Crippen molar-refractivity contribution in [3.8, 4) is 0 Å². The Balaban J connectivity index is 1.80. The monoisotopic (exact) mass is 292 g/mol. The van der Waals surface area contributed by atoms with Gasteiger partial charge in [-0.2, -0.15) is 0 Å². The van der Waals surface area contributed by atoms with Crippen molar-refractivity contribution in [1.29, 1.82) is 0 Å². The summed E-state index contributed by atoms with van der Waals surface area (Å²) in [6, 6.07) is 8.25. The molecule has 0 atom stereocenters. The number of carbonyl (C=O) groups excluding carboxylic acids is 1. The van der Waals surface area contributed by atoms with Crippen LogP contribution in [-0.2, 0) is 11.3 Å². The van der Waals surface area contributed by atoms with E-state index in [1.807, 2.05) is 0 Å². The molecular formula is C15H17FN2OS. The van der Waals surface area contributed by atoms with Crippen molar-refractivity contribution in [2.75, 3.05) is 11.9 Å². The van der Waals surface area contributed by atoms with Crippen LogP contribution in [0.3, 0.4) is 0 Å². The highest BCUT2D eigenvalue weighted by Gasteiger charge is 2.06. The molecule has 0 aliphatic rings. The number of aryl methyl sites for hydroxylation is 2. The molecule has 0 saturated carbocycles. The van der Waals surface area contributed by atoms with Crippen LogP contribution in [0, 0.1) is 19.7 Å². The molecule has 0 fully saturated rings. The molecule has 1 amide bonds. The topological polar surface area (TPSA) is 41.1 Å². The third kappa shape index (κ3) is 3.88. The third-order valence-electron chi connectivity index (χ3n) is 2.95. The van der Waals surface area contributed by atoms with Crippen LogP contribution < -0.4 is 10.6 Å². The van der Waals surface area contributed by atoms with Gasteiger partial charge in [0.15, 0.2) is 0 Å². The van der Waals surface area contributed by atoms with Gasteiger partial charge in [0.25, 0.3) is 0 Å². The number of benzene rings is 1. The Bertz CT molecular complexity index is 590. The van der Waals surface area contributed by atoms with Gasteiger partial charge in [-0.1, -0.05) is 12.1 Å². The molecule has 0 aliphatic heterocycles. The summed E-state index contributed by atoms with van der Waals surface area (Å²) in [6.45, 7) is 4.95. The zero-order valence-electron chi connectivity index (χ0n) is 11.5. The van der Waals surface area contributed by atoms with E-state index in [1.54, 1.807) is 29.5 Å². The summed E-state index contributed by atoms with van der Waals surface area (Å²) in [5.74, 6) is -0.676. The molecule has 5 heteroatoms. The van der Waals surface area contributed by atoms with Crippen LogP contribution in [-0.4, -0.2) is 12.5 Å². The number of anilines is 1. The summed E-state index contributed by atoms with van der Waals surface area (Å²) in [5.41, 5.74) is 1.48. The second-order valence-corrected chi connectivity index (χ2v) is 5.92. The summed E-state index contributed by atoms with van der Waals surface area (Å²) in [5, 5.41) is 5.60. The molecule has 0 bridgehead atoms. The predicted octanol–water partition coefficient (Wildman–Crippen LogP) is 3.23. The van der Waals surface area contributed by atoms with Crippen LogP contribution in [0.25, 0.3) is 0 Å². The minimum atomic E-state index is -0.426. The largest absolute Gasteiger partial charge is 0.322 e. The number of nitrogens with one attached hydrogen (secondary N) is 2. The van der Waals surface area contributed by atoms with Gasteiger partial charge in [-0.05, 0) is 37.6 Å². The van der Waals surface area contributed by atoms with Crippen molar-refractivity contribution in [1.82, 2.24) is 5.32 Å². The fourth-order valence-electron chi connectivity index (χ4n) is 1.79. The lowest BCUT2D eigenvalue weighted by molar-refractivity contribution is -0.115. The summed E-state index contributed by atoms with van der Waals surface area (Å²) in [6.07, 6.45) is 0. The zero-order valence-corrected chi connectivity index (χ0v) is 12.3. The van der Waals surface area contributed by atoms with Crippen molar-refractivity contribution >= 4 is 22.9 Å². The van der Waals surface area contributed by atoms with E-state index < -0.39 is 5.82 Å². The molecule has 1 heterocycles. The highest BCUT2D eigenvalue weighted by Crippen LogP contribution is 2.20. The van der Waals surface area contributed by atoms with Gasteiger partial charge in [0, 0.05) is 16.3 Å². The molecule has 0 unspecified atom stereocenters. The molecule has 2 rings (SSSR count). The van der Waals surface area contributed by atoms with Gasteiger partial charge >= 0.3 is 0 Å². The number of rotatable bonds is 5. The van der Waals surface area contributed by atoms with Gasteiger partial charge in [0.1, 0.15) is 5.82 Å². The number of hydrogen-bond donors (Lipinski definition) is 2. The zero-order chi connectivity index (χ0) is 14.5. The standard InChI is InChI=1S/C15H17FN2OS/c1-10-7-12(20-11(10)2)8-17-9-15(19)18-14-6-4-3-5-13(14)16/h3-7,17H,8-9H2,1-2H3,(H,18,19). The average Bonchev–Trinajstić information content (AvgIpc) is 2.71. The van der Waals surface area contributed by atoms with E-state index in [4.69, 9.17) is 0 Å². The summed E-state index contributed by atoms with van der Waals surface area (Å²) in [4.78, 5) is 14.2. The van der Waals surface area contributed by atoms with Crippen LogP contribution in [0.4, 0.5) is 10.1 Å². The van der Waals surface area contributed by atoms with Crippen LogP contribution in [0.15, 0.2) is 30.3 Å². The molecule has 0 radical (unpaired) electrons. The fourth-order valence-corrected chi connectivity index (χ4v) is 2.82.